The smallest absolute Gasteiger partial charge is 0.315 e. The Kier molecular flexibility index (Phi) is 6.45. The zero-order valence-corrected chi connectivity index (χ0v) is 13.3. The Morgan fingerprint density at radius 1 is 1.32 bits per heavy atom. The quantitative estimate of drug-likeness (QED) is 0.789. The molecule has 6 heteroatoms. The van der Waals surface area contributed by atoms with Gasteiger partial charge >= 0.3 is 6.03 Å². The zero-order valence-electron chi connectivity index (χ0n) is 13.3. The second kappa shape index (κ2) is 8.58. The number of aryl methyl sites for hydroxylation is 1. The maximum absolute atomic E-state index is 11.7. The minimum absolute atomic E-state index is 0.124. The third kappa shape index (κ3) is 5.52. The maximum Gasteiger partial charge on any atom is 0.315 e. The van der Waals surface area contributed by atoms with Crippen LogP contribution in [0.25, 0.3) is 0 Å². The molecule has 1 aliphatic rings. The van der Waals surface area contributed by atoms with Gasteiger partial charge in [-0.25, -0.2) is 9.78 Å². The Labute approximate surface area is 131 Å². The van der Waals surface area contributed by atoms with Crippen LogP contribution >= 0.6 is 0 Å². The fourth-order valence-corrected chi connectivity index (χ4v) is 2.52. The first-order valence-electron chi connectivity index (χ1n) is 7.80. The molecule has 6 nitrogen and oxygen atoms in total. The lowest BCUT2D eigenvalue weighted by atomic mass is 9.93. The van der Waals surface area contributed by atoms with Gasteiger partial charge in [-0.15, -0.1) is 0 Å². The number of ether oxygens (including phenoxy) is 2. The van der Waals surface area contributed by atoms with E-state index in [1.54, 1.807) is 7.11 Å². The number of amides is 2. The third-order valence-electron chi connectivity index (χ3n) is 3.77. The molecule has 1 aromatic rings. The summed E-state index contributed by atoms with van der Waals surface area (Å²) in [6.45, 7) is 3.06. The van der Waals surface area contributed by atoms with Crippen LogP contribution in [0.5, 0.6) is 5.88 Å². The standard InChI is InChI=1S/C16H25N3O3/c1-12-3-8-15(18-11-12)22-14-6-4-13(5-7-14)19-16(20)17-9-10-21-2/h3,8,11,13-14H,4-7,9-10H2,1-2H3,(H2,17,19,20). The van der Waals surface area contributed by atoms with Crippen LogP contribution in [0, 0.1) is 6.92 Å². The normalized spacial score (nSPS) is 21.2. The molecule has 0 atom stereocenters. The van der Waals surface area contributed by atoms with Crippen LogP contribution < -0.4 is 15.4 Å². The third-order valence-corrected chi connectivity index (χ3v) is 3.77. The predicted octanol–water partition coefficient (Wildman–Crippen LogP) is 2.03. The van der Waals surface area contributed by atoms with Crippen molar-refractivity contribution < 1.29 is 14.3 Å². The van der Waals surface area contributed by atoms with Crippen molar-refractivity contribution >= 4 is 6.03 Å². The average molecular weight is 307 g/mol. The maximum atomic E-state index is 11.7. The summed E-state index contributed by atoms with van der Waals surface area (Å²) in [5.41, 5.74) is 1.12. The number of nitrogens with one attached hydrogen (secondary N) is 2. The number of nitrogens with zero attached hydrogens (tertiary/aromatic N) is 1. The molecule has 1 aromatic heterocycles. The molecule has 0 aliphatic heterocycles. The van der Waals surface area contributed by atoms with Crippen molar-refractivity contribution in [3.63, 3.8) is 0 Å². The van der Waals surface area contributed by atoms with Crippen LogP contribution in [0.2, 0.25) is 0 Å². The van der Waals surface area contributed by atoms with Crippen molar-refractivity contribution in [1.82, 2.24) is 15.6 Å². The monoisotopic (exact) mass is 307 g/mol. The molecule has 0 radical (unpaired) electrons. The molecular weight excluding hydrogens is 282 g/mol. The van der Waals surface area contributed by atoms with Crippen LogP contribution in [-0.4, -0.2) is 43.4 Å². The molecule has 1 aliphatic carbocycles. The van der Waals surface area contributed by atoms with Crippen LogP contribution in [0.15, 0.2) is 18.3 Å². The predicted molar refractivity (Wildman–Crippen MR) is 84.1 cm³/mol. The Hall–Kier alpha value is -1.82. The Morgan fingerprint density at radius 3 is 2.73 bits per heavy atom. The topological polar surface area (TPSA) is 72.5 Å². The fraction of sp³-hybridized carbons (Fsp3) is 0.625. The molecule has 1 heterocycles. The lowest BCUT2D eigenvalue weighted by molar-refractivity contribution is 0.134. The summed E-state index contributed by atoms with van der Waals surface area (Å²) in [6, 6.07) is 4.00. The van der Waals surface area contributed by atoms with E-state index in [0.717, 1.165) is 31.2 Å². The van der Waals surface area contributed by atoms with E-state index in [2.05, 4.69) is 15.6 Å². The SMILES string of the molecule is COCCNC(=O)NC1CCC(Oc2ccc(C)cn2)CC1. The number of aromatic nitrogens is 1. The van der Waals surface area contributed by atoms with E-state index < -0.39 is 0 Å². The lowest BCUT2D eigenvalue weighted by Gasteiger charge is -2.29. The van der Waals surface area contributed by atoms with Gasteiger partial charge in [-0.2, -0.15) is 0 Å². The highest BCUT2D eigenvalue weighted by atomic mass is 16.5. The van der Waals surface area contributed by atoms with E-state index in [0.29, 0.717) is 19.0 Å². The Balaban J connectivity index is 1.67. The number of hydrogen-bond donors (Lipinski definition) is 2. The minimum atomic E-state index is -0.124. The van der Waals surface area contributed by atoms with Gasteiger partial charge in [0.25, 0.3) is 0 Å². The minimum Gasteiger partial charge on any atom is -0.474 e. The largest absolute Gasteiger partial charge is 0.474 e. The number of rotatable bonds is 6. The van der Waals surface area contributed by atoms with E-state index in [4.69, 9.17) is 9.47 Å². The second-order valence-electron chi connectivity index (χ2n) is 5.66. The first-order valence-corrected chi connectivity index (χ1v) is 7.80. The van der Waals surface area contributed by atoms with E-state index >= 15 is 0 Å². The van der Waals surface area contributed by atoms with E-state index in [1.807, 2.05) is 25.3 Å². The van der Waals surface area contributed by atoms with Crippen molar-refractivity contribution in [2.75, 3.05) is 20.3 Å². The Morgan fingerprint density at radius 2 is 2.09 bits per heavy atom. The van der Waals surface area contributed by atoms with Crippen molar-refractivity contribution in [1.29, 1.82) is 0 Å². The molecule has 22 heavy (non-hydrogen) atoms. The molecule has 1 fully saturated rings. The lowest BCUT2D eigenvalue weighted by Crippen LogP contribution is -2.45. The summed E-state index contributed by atoms with van der Waals surface area (Å²) in [5.74, 6) is 0.680. The van der Waals surface area contributed by atoms with Crippen molar-refractivity contribution in [2.45, 2.75) is 44.8 Å². The summed E-state index contributed by atoms with van der Waals surface area (Å²) < 4.78 is 10.8. The van der Waals surface area contributed by atoms with Crippen LogP contribution in [0.4, 0.5) is 4.79 Å². The van der Waals surface area contributed by atoms with Gasteiger partial charge in [-0.3, -0.25) is 0 Å². The van der Waals surface area contributed by atoms with Gasteiger partial charge in [0.15, 0.2) is 0 Å². The van der Waals surface area contributed by atoms with Gasteiger partial charge in [-0.05, 0) is 38.2 Å². The summed E-state index contributed by atoms with van der Waals surface area (Å²) in [6.07, 6.45) is 5.71. The molecular formula is C16H25N3O3. The molecule has 2 amide bonds. The number of carbonyl (C=O) groups is 1. The van der Waals surface area contributed by atoms with Gasteiger partial charge in [0.05, 0.1) is 6.61 Å². The second-order valence-corrected chi connectivity index (χ2v) is 5.66. The van der Waals surface area contributed by atoms with Crippen molar-refractivity contribution in [3.8, 4) is 5.88 Å². The molecule has 0 bridgehead atoms. The van der Waals surface area contributed by atoms with Crippen LogP contribution in [0.3, 0.4) is 0 Å². The van der Waals surface area contributed by atoms with Gasteiger partial charge in [0, 0.05) is 32.0 Å². The van der Waals surface area contributed by atoms with Crippen LogP contribution in [-0.2, 0) is 4.74 Å². The fourth-order valence-electron chi connectivity index (χ4n) is 2.52. The molecule has 1 saturated carbocycles. The van der Waals surface area contributed by atoms with E-state index in [1.165, 1.54) is 0 Å². The molecule has 0 aromatic carbocycles. The number of pyridine rings is 1. The number of methoxy groups -OCH3 is 1. The van der Waals surface area contributed by atoms with Gasteiger partial charge < -0.3 is 20.1 Å². The highest BCUT2D eigenvalue weighted by Crippen LogP contribution is 2.22. The molecule has 0 unspecified atom stereocenters. The first kappa shape index (κ1) is 16.5. The number of urea groups is 1. The summed E-state index contributed by atoms with van der Waals surface area (Å²) in [4.78, 5) is 15.9. The van der Waals surface area contributed by atoms with Gasteiger partial charge in [0.1, 0.15) is 6.10 Å². The first-order chi connectivity index (χ1) is 10.7. The number of hydrogen-bond acceptors (Lipinski definition) is 4. The van der Waals surface area contributed by atoms with E-state index in [9.17, 15) is 4.79 Å². The van der Waals surface area contributed by atoms with Gasteiger partial charge in [0.2, 0.25) is 5.88 Å². The molecule has 122 valence electrons. The molecule has 0 spiro atoms. The molecule has 2 N–H and O–H groups in total. The zero-order chi connectivity index (χ0) is 15.8. The summed E-state index contributed by atoms with van der Waals surface area (Å²) in [5, 5.41) is 5.76. The average Bonchev–Trinajstić information content (AvgIpc) is 2.52. The Bertz CT molecular complexity index is 456. The van der Waals surface area contributed by atoms with Gasteiger partial charge in [-0.1, -0.05) is 6.07 Å². The summed E-state index contributed by atoms with van der Waals surface area (Å²) in [7, 11) is 1.61. The molecule has 0 saturated heterocycles. The van der Waals surface area contributed by atoms with Crippen LogP contribution in [0.1, 0.15) is 31.2 Å². The highest BCUT2D eigenvalue weighted by molar-refractivity contribution is 5.74. The molecule has 2 rings (SSSR count). The van der Waals surface area contributed by atoms with Crippen molar-refractivity contribution in [3.05, 3.63) is 23.9 Å². The van der Waals surface area contributed by atoms with Crippen molar-refractivity contribution in [2.24, 2.45) is 0 Å². The highest BCUT2D eigenvalue weighted by Gasteiger charge is 2.23. The summed E-state index contributed by atoms with van der Waals surface area (Å²) >= 11 is 0. The number of carbonyl (C=O) groups excluding carboxylic acids is 1. The van der Waals surface area contributed by atoms with E-state index in [-0.39, 0.29) is 18.2 Å².